The third kappa shape index (κ3) is 6.03. The molecule has 30 heavy (non-hydrogen) atoms. The molecule has 0 aromatic heterocycles. The second kappa shape index (κ2) is 9.14. The van der Waals surface area contributed by atoms with Gasteiger partial charge in [-0.1, -0.05) is 29.8 Å². The highest BCUT2D eigenvalue weighted by molar-refractivity contribution is 8.32. The molecule has 0 unspecified atom stereocenters. The van der Waals surface area contributed by atoms with Crippen molar-refractivity contribution in [2.75, 3.05) is 17.8 Å². The van der Waals surface area contributed by atoms with E-state index in [1.165, 1.54) is 24.3 Å². The molecule has 0 aliphatic carbocycles. The largest absolute Gasteiger partial charge is 0.444 e. The van der Waals surface area contributed by atoms with E-state index in [-0.39, 0.29) is 14.7 Å². The molecule has 0 radical (unpaired) electrons. The van der Waals surface area contributed by atoms with Gasteiger partial charge in [0.1, 0.15) is 9.80 Å². The van der Waals surface area contributed by atoms with Gasteiger partial charge in [-0.05, 0) is 64.5 Å². The number of nitrogens with one attached hydrogen (secondary N) is 1. The van der Waals surface area contributed by atoms with Crippen molar-refractivity contribution in [3.05, 3.63) is 59.7 Å². The molecule has 6 nitrogen and oxygen atoms in total. The zero-order valence-corrected chi connectivity index (χ0v) is 19.6. The number of hydrogen-bond donors (Lipinski definition) is 1. The van der Waals surface area contributed by atoms with Crippen LogP contribution in [-0.2, 0) is 14.6 Å². The van der Waals surface area contributed by atoms with Crippen molar-refractivity contribution in [3.8, 4) is 0 Å². The number of rotatable bonds is 4. The number of sulfone groups is 1. The minimum absolute atomic E-state index is 0.0840. The zero-order valence-electron chi connectivity index (χ0n) is 18.0. The fourth-order valence-corrected chi connectivity index (χ4v) is 6.23. The molecule has 0 saturated carbocycles. The summed E-state index contributed by atoms with van der Waals surface area (Å²) in [5.41, 5.74) is 0.777. The van der Waals surface area contributed by atoms with Gasteiger partial charge in [0.05, 0.1) is 4.90 Å². The van der Waals surface area contributed by atoms with Gasteiger partial charge in [0.25, 0.3) is 0 Å². The molecule has 0 heterocycles. The van der Waals surface area contributed by atoms with Crippen LogP contribution in [0.15, 0.2) is 53.4 Å². The van der Waals surface area contributed by atoms with E-state index in [1.54, 1.807) is 57.5 Å². The first kappa shape index (κ1) is 23.8. The van der Waals surface area contributed by atoms with Gasteiger partial charge in [-0.25, -0.2) is 13.2 Å². The fourth-order valence-electron chi connectivity index (χ4n) is 2.63. The standard InChI is InChI=1S/C22H27NO5S2/c1-15-10-12-18(13-11-15)30(26,27)20(29(5)6)19(24)16-8-7-9-17(14-16)23-21(25)28-22(2,3)4/h7-14H,1-6H3,(H,23,25). The lowest BCUT2D eigenvalue weighted by Crippen LogP contribution is -2.27. The van der Waals surface area contributed by atoms with Gasteiger partial charge in [-0.2, -0.15) is 10.5 Å². The minimum Gasteiger partial charge on any atom is -0.444 e. The van der Waals surface area contributed by atoms with Crippen molar-refractivity contribution in [1.82, 2.24) is 0 Å². The summed E-state index contributed by atoms with van der Waals surface area (Å²) >= 11 is 0. The van der Waals surface area contributed by atoms with E-state index >= 15 is 0 Å². The van der Waals surface area contributed by atoms with Crippen LogP contribution in [0.25, 0.3) is 0 Å². The van der Waals surface area contributed by atoms with Crippen LogP contribution in [0.4, 0.5) is 10.5 Å². The van der Waals surface area contributed by atoms with Crippen LogP contribution in [0, 0.1) is 6.92 Å². The summed E-state index contributed by atoms with van der Waals surface area (Å²) in [6, 6.07) is 12.6. The molecule has 2 aromatic carbocycles. The highest BCUT2D eigenvalue weighted by Gasteiger charge is 2.29. The maximum atomic E-state index is 13.2. The maximum absolute atomic E-state index is 13.2. The van der Waals surface area contributed by atoms with Gasteiger partial charge in [0.15, 0.2) is 0 Å². The van der Waals surface area contributed by atoms with Crippen LogP contribution in [0.5, 0.6) is 0 Å². The quantitative estimate of drug-likeness (QED) is 0.542. The molecule has 0 spiro atoms. The number of carbonyl (C=O) groups excluding carboxylic acids is 2. The van der Waals surface area contributed by atoms with Crippen molar-refractivity contribution in [2.24, 2.45) is 0 Å². The third-order valence-electron chi connectivity index (χ3n) is 3.90. The molecule has 0 bridgehead atoms. The van der Waals surface area contributed by atoms with Crippen LogP contribution in [0.3, 0.4) is 0 Å². The SMILES string of the molecule is Cc1ccc(S(=O)(=O)C(C(=O)c2cccc(NC(=O)OC(C)(C)C)c2)=S(C)C)cc1. The summed E-state index contributed by atoms with van der Waals surface area (Å²) < 4.78 is 31.4. The van der Waals surface area contributed by atoms with Gasteiger partial charge in [0, 0.05) is 11.3 Å². The zero-order chi connectivity index (χ0) is 22.7. The van der Waals surface area contributed by atoms with Gasteiger partial charge < -0.3 is 4.74 Å². The summed E-state index contributed by atoms with van der Waals surface area (Å²) in [4.78, 5) is 25.3. The maximum Gasteiger partial charge on any atom is 0.412 e. The molecule has 2 aromatic rings. The van der Waals surface area contributed by atoms with Gasteiger partial charge >= 0.3 is 6.09 Å². The number of amides is 1. The summed E-state index contributed by atoms with van der Waals surface area (Å²) in [7, 11) is -4.78. The van der Waals surface area contributed by atoms with E-state index in [0.29, 0.717) is 5.69 Å². The Labute approximate surface area is 180 Å². The molecule has 8 heteroatoms. The number of ether oxygens (including phenoxy) is 1. The Morgan fingerprint density at radius 3 is 2.13 bits per heavy atom. The molecular weight excluding hydrogens is 422 g/mol. The Morgan fingerprint density at radius 2 is 1.60 bits per heavy atom. The average Bonchev–Trinajstić information content (AvgIpc) is 2.60. The second-order valence-electron chi connectivity index (χ2n) is 7.96. The first-order valence-corrected chi connectivity index (χ1v) is 12.7. The number of Topliss-reactive ketones (excluding diaryl/α,β-unsaturated/α-hetero) is 1. The normalized spacial score (nSPS) is 11.8. The molecule has 0 aliphatic heterocycles. The van der Waals surface area contributed by atoms with Crippen LogP contribution in [-0.4, -0.2) is 42.6 Å². The average molecular weight is 450 g/mol. The molecule has 0 fully saturated rings. The molecule has 1 N–H and O–H groups in total. The van der Waals surface area contributed by atoms with E-state index in [2.05, 4.69) is 5.32 Å². The Hall–Kier alpha value is -2.45. The number of anilines is 1. The smallest absolute Gasteiger partial charge is 0.412 e. The Morgan fingerprint density at radius 1 is 1.00 bits per heavy atom. The van der Waals surface area contributed by atoms with Crippen LogP contribution in [0.2, 0.25) is 0 Å². The summed E-state index contributed by atoms with van der Waals surface area (Å²) in [6.45, 7) is 7.09. The number of aryl methyl sites for hydroxylation is 1. The molecule has 0 atom stereocenters. The van der Waals surface area contributed by atoms with Crippen molar-refractivity contribution >= 4 is 42.1 Å². The lowest BCUT2D eigenvalue weighted by molar-refractivity contribution is 0.0635. The van der Waals surface area contributed by atoms with Crippen molar-refractivity contribution in [2.45, 2.75) is 38.2 Å². The number of ketones is 1. The van der Waals surface area contributed by atoms with Gasteiger partial charge in [-0.15, -0.1) is 0 Å². The van der Waals surface area contributed by atoms with Crippen molar-refractivity contribution in [3.63, 3.8) is 0 Å². The second-order valence-corrected chi connectivity index (χ2v) is 12.1. The Balaban J connectivity index is 2.39. The van der Waals surface area contributed by atoms with E-state index in [4.69, 9.17) is 4.74 Å². The summed E-state index contributed by atoms with van der Waals surface area (Å²) in [5, 5.41) is 2.57. The minimum atomic E-state index is -3.96. The lowest BCUT2D eigenvalue weighted by Gasteiger charge is -2.19. The highest BCUT2D eigenvalue weighted by atomic mass is 32.2. The molecule has 1 amide bonds. The lowest BCUT2D eigenvalue weighted by atomic mass is 10.1. The van der Waals surface area contributed by atoms with Crippen molar-refractivity contribution < 1.29 is 22.7 Å². The van der Waals surface area contributed by atoms with Crippen LogP contribution < -0.4 is 5.32 Å². The first-order valence-electron chi connectivity index (χ1n) is 9.22. The fraction of sp³-hybridized carbons (Fsp3) is 0.318. The van der Waals surface area contributed by atoms with Crippen LogP contribution in [0.1, 0.15) is 36.7 Å². The topological polar surface area (TPSA) is 89.5 Å². The summed E-state index contributed by atoms with van der Waals surface area (Å²) in [5.74, 6) is -0.586. The number of benzene rings is 2. The molecule has 0 saturated heterocycles. The van der Waals surface area contributed by atoms with Crippen LogP contribution >= 0.6 is 10.5 Å². The Kier molecular flexibility index (Phi) is 7.26. The summed E-state index contributed by atoms with van der Waals surface area (Å²) in [6.07, 6.45) is 2.73. The third-order valence-corrected chi connectivity index (χ3v) is 8.05. The predicted octanol–water partition coefficient (Wildman–Crippen LogP) is 4.66. The highest BCUT2D eigenvalue weighted by Crippen LogP contribution is 2.23. The van der Waals surface area contributed by atoms with Crippen molar-refractivity contribution in [1.29, 1.82) is 0 Å². The van der Waals surface area contributed by atoms with E-state index < -0.39 is 37.8 Å². The van der Waals surface area contributed by atoms with E-state index in [1.807, 2.05) is 6.92 Å². The van der Waals surface area contributed by atoms with E-state index in [0.717, 1.165) is 5.56 Å². The molecule has 2 rings (SSSR count). The molecular formula is C22H27NO5S2. The monoisotopic (exact) mass is 449 g/mol. The van der Waals surface area contributed by atoms with Gasteiger partial charge in [0.2, 0.25) is 15.6 Å². The predicted molar refractivity (Wildman–Crippen MR) is 123 cm³/mol. The Bertz CT molecular complexity index is 1090. The molecule has 162 valence electrons. The molecule has 0 aliphatic rings. The number of carbonyl (C=O) groups is 2. The first-order chi connectivity index (χ1) is 13.8. The number of hydrogen-bond acceptors (Lipinski definition) is 5. The van der Waals surface area contributed by atoms with E-state index in [9.17, 15) is 18.0 Å². The van der Waals surface area contributed by atoms with Gasteiger partial charge in [-0.3, -0.25) is 10.1 Å².